The smallest absolute Gasteiger partial charge is 0.490 e. The van der Waals surface area contributed by atoms with Crippen LogP contribution in [0.4, 0.5) is 13.2 Å². The zero-order chi connectivity index (χ0) is 29.2. The van der Waals surface area contributed by atoms with Crippen LogP contribution < -0.4 is 10.1 Å². The molecule has 1 aliphatic rings. The number of hydrogen-bond donors (Lipinski definition) is 2. The van der Waals surface area contributed by atoms with E-state index in [2.05, 4.69) is 5.32 Å². The van der Waals surface area contributed by atoms with Crippen molar-refractivity contribution in [3.05, 3.63) is 59.1 Å². The van der Waals surface area contributed by atoms with E-state index in [1.165, 1.54) is 23.5 Å². The predicted molar refractivity (Wildman–Crippen MR) is 139 cm³/mol. The molecule has 1 aliphatic heterocycles. The Labute approximate surface area is 230 Å². The van der Waals surface area contributed by atoms with Crippen molar-refractivity contribution in [3.8, 4) is 5.75 Å². The van der Waals surface area contributed by atoms with Crippen LogP contribution in [0.1, 0.15) is 24.8 Å². The number of carbonyl (C=O) groups excluding carboxylic acids is 1. The first-order valence-electron chi connectivity index (χ1n) is 11.9. The molecule has 216 valence electrons. The van der Waals surface area contributed by atoms with Gasteiger partial charge in [-0.05, 0) is 29.7 Å². The zero-order valence-electron chi connectivity index (χ0n) is 21.4. The number of methoxy groups -OCH3 is 1. The minimum atomic E-state index is -5.08. The second-order valence-electron chi connectivity index (χ2n) is 8.65. The van der Waals surface area contributed by atoms with Crippen LogP contribution in [0.25, 0.3) is 0 Å². The minimum absolute atomic E-state index is 0.0353. The molecular weight excluding hydrogens is 563 g/mol. The quantitative estimate of drug-likeness (QED) is 0.456. The van der Waals surface area contributed by atoms with Gasteiger partial charge in [-0.1, -0.05) is 48.9 Å². The number of carboxylic acids is 1. The number of ether oxygens (including phenoxy) is 1. The Morgan fingerprint density at radius 1 is 1.15 bits per heavy atom. The molecule has 1 unspecified atom stereocenters. The van der Waals surface area contributed by atoms with E-state index in [0.29, 0.717) is 18.8 Å². The number of piperazine rings is 1. The van der Waals surface area contributed by atoms with Gasteiger partial charge in [0, 0.05) is 45.7 Å². The summed E-state index contributed by atoms with van der Waals surface area (Å²) >= 11 is 6.20. The number of sulfonamides is 1. The predicted octanol–water partition coefficient (Wildman–Crippen LogP) is 3.60. The molecule has 1 atom stereocenters. The van der Waals surface area contributed by atoms with Gasteiger partial charge >= 0.3 is 12.1 Å². The van der Waals surface area contributed by atoms with Gasteiger partial charge < -0.3 is 20.1 Å². The van der Waals surface area contributed by atoms with Crippen LogP contribution in [0.3, 0.4) is 0 Å². The van der Waals surface area contributed by atoms with E-state index in [1.807, 2.05) is 37.3 Å². The number of carboxylic acid groups (broad SMARTS) is 1. The first-order chi connectivity index (χ1) is 18.3. The number of halogens is 4. The number of carbonyl (C=O) groups is 2. The Hall–Kier alpha value is -2.87. The molecule has 0 spiro atoms. The molecular formula is C25H31ClF3N3O6S. The summed E-state index contributed by atoms with van der Waals surface area (Å²) in [4.78, 5) is 23.5. The van der Waals surface area contributed by atoms with Gasteiger partial charge in [0.2, 0.25) is 15.9 Å². The molecule has 0 bridgehead atoms. The van der Waals surface area contributed by atoms with E-state index in [0.717, 1.165) is 18.7 Å². The average molecular weight is 594 g/mol. The number of nitrogens with zero attached hydrogens (tertiary/aromatic N) is 2. The van der Waals surface area contributed by atoms with Gasteiger partial charge in [0.05, 0.1) is 17.0 Å². The number of amides is 1. The topological polar surface area (TPSA) is 116 Å². The molecule has 9 nitrogen and oxygen atoms in total. The normalized spacial score (nSPS) is 14.8. The number of benzene rings is 2. The van der Waals surface area contributed by atoms with Crippen molar-refractivity contribution < 1.29 is 41.0 Å². The summed E-state index contributed by atoms with van der Waals surface area (Å²) in [6.45, 7) is 5.13. The number of nitrogens with one attached hydrogen (secondary N) is 1. The number of aliphatic carboxylic acids is 1. The lowest BCUT2D eigenvalue weighted by Crippen LogP contribution is -2.47. The molecule has 0 saturated carbocycles. The second kappa shape index (κ2) is 14.5. The summed E-state index contributed by atoms with van der Waals surface area (Å²) in [7, 11) is -2.39. The fraction of sp³-hybridized carbons (Fsp3) is 0.440. The molecule has 1 amide bonds. The zero-order valence-corrected chi connectivity index (χ0v) is 23.0. The summed E-state index contributed by atoms with van der Waals surface area (Å²) in [5.74, 6) is -2.43. The van der Waals surface area contributed by atoms with E-state index >= 15 is 0 Å². The second-order valence-corrected chi connectivity index (χ2v) is 11.0. The fourth-order valence-electron chi connectivity index (χ4n) is 3.75. The molecule has 14 heteroatoms. The summed E-state index contributed by atoms with van der Waals surface area (Å²) < 4.78 is 65.3. The van der Waals surface area contributed by atoms with Gasteiger partial charge in [0.15, 0.2) is 0 Å². The molecule has 2 aromatic rings. The van der Waals surface area contributed by atoms with E-state index in [-0.39, 0.29) is 41.3 Å². The molecule has 3 rings (SSSR count). The third-order valence-corrected chi connectivity index (χ3v) is 8.05. The van der Waals surface area contributed by atoms with Gasteiger partial charge in [-0.15, -0.1) is 0 Å². The van der Waals surface area contributed by atoms with E-state index < -0.39 is 22.2 Å². The molecule has 0 aliphatic carbocycles. The highest BCUT2D eigenvalue weighted by atomic mass is 35.5. The Balaban J connectivity index is 0.000000673. The molecule has 1 heterocycles. The molecule has 0 aromatic heterocycles. The van der Waals surface area contributed by atoms with Crippen molar-refractivity contribution in [1.29, 1.82) is 0 Å². The number of alkyl halides is 3. The Morgan fingerprint density at radius 2 is 1.74 bits per heavy atom. The highest BCUT2D eigenvalue weighted by molar-refractivity contribution is 7.89. The largest absolute Gasteiger partial charge is 0.495 e. The lowest BCUT2D eigenvalue weighted by molar-refractivity contribution is -0.192. The monoisotopic (exact) mass is 593 g/mol. The van der Waals surface area contributed by atoms with Gasteiger partial charge in [-0.2, -0.15) is 17.5 Å². The van der Waals surface area contributed by atoms with Gasteiger partial charge in [0.25, 0.3) is 0 Å². The van der Waals surface area contributed by atoms with Crippen molar-refractivity contribution in [2.45, 2.75) is 30.3 Å². The summed E-state index contributed by atoms with van der Waals surface area (Å²) in [6.07, 6.45) is -4.95. The maximum Gasteiger partial charge on any atom is 0.490 e. The van der Waals surface area contributed by atoms with E-state index in [1.54, 1.807) is 11.0 Å². The lowest BCUT2D eigenvalue weighted by atomic mass is 10.0. The molecule has 1 fully saturated rings. The van der Waals surface area contributed by atoms with Crippen molar-refractivity contribution in [2.75, 3.05) is 46.4 Å². The number of hydrogen-bond acceptors (Lipinski definition) is 6. The molecule has 0 radical (unpaired) electrons. The van der Waals surface area contributed by atoms with Crippen molar-refractivity contribution in [3.63, 3.8) is 0 Å². The lowest BCUT2D eigenvalue weighted by Gasteiger charge is -2.29. The molecule has 2 N–H and O–H groups in total. The van der Waals surface area contributed by atoms with Crippen LogP contribution in [-0.2, 0) is 19.6 Å². The van der Waals surface area contributed by atoms with Crippen LogP contribution in [0.5, 0.6) is 5.75 Å². The maximum absolute atomic E-state index is 13.5. The van der Waals surface area contributed by atoms with Crippen LogP contribution in [0.2, 0.25) is 5.02 Å². The van der Waals surface area contributed by atoms with Crippen LogP contribution in [0, 0.1) is 0 Å². The fourth-order valence-corrected chi connectivity index (χ4v) is 5.63. The summed E-state index contributed by atoms with van der Waals surface area (Å²) in [5, 5.41) is 10.6. The van der Waals surface area contributed by atoms with Crippen molar-refractivity contribution >= 4 is 33.5 Å². The van der Waals surface area contributed by atoms with Crippen molar-refractivity contribution in [2.24, 2.45) is 0 Å². The van der Waals surface area contributed by atoms with Crippen molar-refractivity contribution in [1.82, 2.24) is 14.5 Å². The summed E-state index contributed by atoms with van der Waals surface area (Å²) in [6, 6.07) is 14.2. The first-order valence-corrected chi connectivity index (χ1v) is 13.8. The van der Waals surface area contributed by atoms with Crippen LogP contribution in [-0.4, -0.2) is 87.2 Å². The third-order valence-electron chi connectivity index (χ3n) is 5.89. The third kappa shape index (κ3) is 9.67. The highest BCUT2D eigenvalue weighted by Crippen LogP contribution is 2.29. The average Bonchev–Trinajstić information content (AvgIpc) is 2.91. The maximum atomic E-state index is 13.5. The molecule has 39 heavy (non-hydrogen) atoms. The summed E-state index contributed by atoms with van der Waals surface area (Å²) in [5.41, 5.74) is 1.04. The van der Waals surface area contributed by atoms with E-state index in [4.69, 9.17) is 26.2 Å². The highest BCUT2D eigenvalue weighted by Gasteiger charge is 2.38. The molecule has 1 saturated heterocycles. The first kappa shape index (κ1) is 32.3. The number of rotatable bonds is 9. The Morgan fingerprint density at radius 3 is 2.26 bits per heavy atom. The van der Waals surface area contributed by atoms with E-state index in [9.17, 15) is 26.4 Å². The SMILES string of the molecule is COc1ccc(S(=O)(=O)N(CCC(=O)N2CCNCC2)CC(C)c2ccccc2)cc1Cl.O=C(O)C(F)(F)F. The Kier molecular flexibility index (Phi) is 12.0. The van der Waals surface area contributed by atoms with Crippen LogP contribution >= 0.6 is 11.6 Å². The minimum Gasteiger partial charge on any atom is -0.495 e. The van der Waals surface area contributed by atoms with Gasteiger partial charge in [0.1, 0.15) is 5.75 Å². The van der Waals surface area contributed by atoms with Crippen LogP contribution in [0.15, 0.2) is 53.4 Å². The standard InChI is InChI=1S/C23H30ClN3O4S.C2HF3O2/c1-18(19-6-4-3-5-7-19)17-27(13-10-23(28)26-14-11-25-12-15-26)32(29,30)20-8-9-22(31-2)21(24)16-20;3-2(4,5)1(6)7/h3-9,16,18,25H,10-15,17H2,1-2H3;(H,6,7). The van der Waals surface area contributed by atoms with Gasteiger partial charge in [-0.3, -0.25) is 4.79 Å². The Bertz CT molecular complexity index is 1210. The molecule has 2 aromatic carbocycles. The van der Waals surface area contributed by atoms with Gasteiger partial charge in [-0.25, -0.2) is 13.2 Å².